The van der Waals surface area contributed by atoms with E-state index in [0.29, 0.717) is 0 Å². The fourth-order valence-corrected chi connectivity index (χ4v) is 0.500. The molecule has 0 aliphatic carbocycles. The Kier molecular flexibility index (Phi) is 19.5. The first-order valence-corrected chi connectivity index (χ1v) is 3.30. The molecule has 0 aromatic heterocycles. The SMILES string of the molecule is CCCCCC.O=NO. The molecule has 0 fully saturated rings. The van der Waals surface area contributed by atoms with Crippen molar-refractivity contribution in [3.8, 4) is 0 Å². The predicted molar refractivity (Wildman–Crippen MR) is 37.4 cm³/mol. The lowest BCUT2D eigenvalue weighted by molar-refractivity contribution is 0.312. The van der Waals surface area contributed by atoms with Crippen LogP contribution in [0.5, 0.6) is 0 Å². The second-order valence-electron chi connectivity index (χ2n) is 1.79. The maximum absolute atomic E-state index is 8.11. The first-order valence-electron chi connectivity index (χ1n) is 3.30. The lowest BCUT2D eigenvalue weighted by atomic mass is 10.2. The molecule has 9 heavy (non-hydrogen) atoms. The van der Waals surface area contributed by atoms with Gasteiger partial charge in [-0.15, -0.1) is 4.91 Å². The van der Waals surface area contributed by atoms with E-state index in [1.165, 1.54) is 31.0 Å². The standard InChI is InChI=1S/C6H14.HNO2/c1-3-5-6-4-2;2-1-3/h3-6H2,1-2H3;(H,2,3). The van der Waals surface area contributed by atoms with Crippen molar-refractivity contribution >= 4 is 0 Å². The van der Waals surface area contributed by atoms with E-state index in [4.69, 9.17) is 10.1 Å². The predicted octanol–water partition coefficient (Wildman–Crippen LogP) is 2.73. The highest BCUT2D eigenvalue weighted by molar-refractivity contribution is 4.31. The summed E-state index contributed by atoms with van der Waals surface area (Å²) in [4.78, 5) is 8.11. The van der Waals surface area contributed by atoms with Gasteiger partial charge >= 0.3 is 0 Å². The monoisotopic (exact) mass is 133 g/mol. The lowest BCUT2D eigenvalue weighted by Gasteiger charge is -1.86. The van der Waals surface area contributed by atoms with Gasteiger partial charge in [0.25, 0.3) is 0 Å². The van der Waals surface area contributed by atoms with Crippen LogP contribution in [0.3, 0.4) is 0 Å². The Balaban J connectivity index is 0. The molecular weight excluding hydrogens is 118 g/mol. The molecule has 0 aromatic carbocycles. The van der Waals surface area contributed by atoms with Gasteiger partial charge in [-0.2, -0.15) is 0 Å². The van der Waals surface area contributed by atoms with Crippen LogP contribution in [0.1, 0.15) is 39.5 Å². The van der Waals surface area contributed by atoms with Crippen molar-refractivity contribution in [3.63, 3.8) is 0 Å². The fourth-order valence-electron chi connectivity index (χ4n) is 0.500. The van der Waals surface area contributed by atoms with Gasteiger partial charge in [-0.25, -0.2) is 0 Å². The van der Waals surface area contributed by atoms with Gasteiger partial charge in [0.15, 0.2) is 5.34 Å². The summed E-state index contributed by atoms with van der Waals surface area (Å²) in [7, 11) is 0. The molecule has 0 saturated heterocycles. The molecule has 0 bridgehead atoms. The molecular formula is C6H15NO2. The number of hydrogen-bond donors (Lipinski definition) is 1. The minimum Gasteiger partial charge on any atom is -0.379 e. The maximum atomic E-state index is 8.11. The number of unbranched alkanes of at least 4 members (excludes halogenated alkanes) is 3. The molecule has 0 atom stereocenters. The molecule has 0 rings (SSSR count). The van der Waals surface area contributed by atoms with E-state index in [0.717, 1.165) is 0 Å². The zero-order valence-electron chi connectivity index (χ0n) is 6.13. The Morgan fingerprint density at radius 2 is 1.44 bits per heavy atom. The minimum atomic E-state index is 1.25. The Morgan fingerprint density at radius 3 is 1.56 bits per heavy atom. The summed E-state index contributed by atoms with van der Waals surface area (Å²) in [6, 6.07) is 0. The number of hydrogen-bond acceptors (Lipinski definition) is 2. The van der Waals surface area contributed by atoms with Crippen molar-refractivity contribution < 1.29 is 5.21 Å². The van der Waals surface area contributed by atoms with Crippen LogP contribution in [-0.2, 0) is 0 Å². The van der Waals surface area contributed by atoms with Gasteiger partial charge in [0.2, 0.25) is 0 Å². The molecule has 0 heterocycles. The van der Waals surface area contributed by atoms with Crippen LogP contribution in [0.25, 0.3) is 0 Å². The molecule has 0 spiro atoms. The van der Waals surface area contributed by atoms with Crippen LogP contribution in [0, 0.1) is 4.91 Å². The highest BCUT2D eigenvalue weighted by atomic mass is 16.6. The van der Waals surface area contributed by atoms with E-state index in [-0.39, 0.29) is 0 Å². The third-order valence-corrected chi connectivity index (χ3v) is 0.957. The van der Waals surface area contributed by atoms with Crippen LogP contribution in [0.4, 0.5) is 0 Å². The van der Waals surface area contributed by atoms with Crippen LogP contribution in [0.15, 0.2) is 5.34 Å². The van der Waals surface area contributed by atoms with Gasteiger partial charge in [0.1, 0.15) is 0 Å². The second-order valence-corrected chi connectivity index (χ2v) is 1.79. The summed E-state index contributed by atoms with van der Waals surface area (Å²) >= 11 is 0. The Bertz CT molecular complexity index is 44.3. The molecule has 0 radical (unpaired) electrons. The summed E-state index contributed by atoms with van der Waals surface area (Å²) in [5, 5.41) is 7.89. The van der Waals surface area contributed by atoms with Gasteiger partial charge in [-0.3, -0.25) is 0 Å². The third-order valence-electron chi connectivity index (χ3n) is 0.957. The van der Waals surface area contributed by atoms with Crippen molar-refractivity contribution in [1.82, 2.24) is 0 Å². The topological polar surface area (TPSA) is 49.7 Å². The molecule has 0 aliphatic heterocycles. The van der Waals surface area contributed by atoms with Crippen LogP contribution >= 0.6 is 0 Å². The van der Waals surface area contributed by atoms with E-state index < -0.39 is 0 Å². The summed E-state index contributed by atoms with van der Waals surface area (Å²) in [6.45, 7) is 4.46. The molecule has 56 valence electrons. The molecule has 0 aromatic rings. The third kappa shape index (κ3) is 37.5. The van der Waals surface area contributed by atoms with Gasteiger partial charge < -0.3 is 5.21 Å². The average molecular weight is 133 g/mol. The van der Waals surface area contributed by atoms with Crippen molar-refractivity contribution in [2.24, 2.45) is 5.34 Å². The molecule has 0 amide bonds. The summed E-state index contributed by atoms with van der Waals surface area (Å²) in [6.07, 6.45) is 5.54. The van der Waals surface area contributed by atoms with E-state index >= 15 is 0 Å². The quantitative estimate of drug-likeness (QED) is 0.365. The van der Waals surface area contributed by atoms with E-state index in [9.17, 15) is 0 Å². The van der Waals surface area contributed by atoms with Crippen LogP contribution in [0.2, 0.25) is 0 Å². The number of rotatable bonds is 3. The molecule has 0 aliphatic rings. The lowest BCUT2D eigenvalue weighted by Crippen LogP contribution is -1.66. The number of nitrogens with zero attached hydrogens (tertiary/aromatic N) is 1. The summed E-state index contributed by atoms with van der Waals surface area (Å²) in [5.74, 6) is 0. The Hall–Kier alpha value is -0.600. The van der Waals surface area contributed by atoms with Gasteiger partial charge in [-0.1, -0.05) is 39.5 Å². The summed E-state index contributed by atoms with van der Waals surface area (Å²) < 4.78 is 0. The highest BCUT2D eigenvalue weighted by Gasteiger charge is 1.75. The zero-order chi connectivity index (χ0) is 7.54. The molecule has 3 heteroatoms. The Labute approximate surface area is 56.0 Å². The summed E-state index contributed by atoms with van der Waals surface area (Å²) in [5.41, 5.74) is 0. The van der Waals surface area contributed by atoms with Crippen molar-refractivity contribution in [1.29, 1.82) is 0 Å². The van der Waals surface area contributed by atoms with E-state index in [1.807, 2.05) is 0 Å². The smallest absolute Gasteiger partial charge is 0.152 e. The van der Waals surface area contributed by atoms with Gasteiger partial charge in [0.05, 0.1) is 0 Å². The maximum Gasteiger partial charge on any atom is 0.152 e. The van der Waals surface area contributed by atoms with Gasteiger partial charge in [-0.05, 0) is 0 Å². The van der Waals surface area contributed by atoms with Gasteiger partial charge in [0, 0.05) is 0 Å². The van der Waals surface area contributed by atoms with E-state index in [2.05, 4.69) is 13.8 Å². The average Bonchev–Trinajstić information content (AvgIpc) is 1.86. The molecule has 0 unspecified atom stereocenters. The van der Waals surface area contributed by atoms with Crippen molar-refractivity contribution in [2.45, 2.75) is 39.5 Å². The second kappa shape index (κ2) is 15.7. The molecule has 0 saturated carbocycles. The van der Waals surface area contributed by atoms with Crippen LogP contribution in [-0.4, -0.2) is 5.21 Å². The van der Waals surface area contributed by atoms with Crippen molar-refractivity contribution in [2.75, 3.05) is 0 Å². The fraction of sp³-hybridized carbons (Fsp3) is 1.00. The highest BCUT2D eigenvalue weighted by Crippen LogP contribution is 1.95. The van der Waals surface area contributed by atoms with Crippen molar-refractivity contribution in [3.05, 3.63) is 4.91 Å². The zero-order valence-corrected chi connectivity index (χ0v) is 6.13. The van der Waals surface area contributed by atoms with Crippen LogP contribution < -0.4 is 0 Å². The largest absolute Gasteiger partial charge is 0.379 e. The Morgan fingerprint density at radius 1 is 1.22 bits per heavy atom. The van der Waals surface area contributed by atoms with E-state index in [1.54, 1.807) is 0 Å². The normalized spacial score (nSPS) is 7.33. The first kappa shape index (κ1) is 11.2. The molecule has 3 nitrogen and oxygen atoms in total. The molecule has 1 N–H and O–H groups in total. The minimum absolute atomic E-state index is 1.25. The first-order chi connectivity index (χ1) is 4.33.